The Morgan fingerprint density at radius 2 is 1.38 bits per heavy atom. The third-order valence-corrected chi connectivity index (χ3v) is 5.64. The van der Waals surface area contributed by atoms with Crippen molar-refractivity contribution in [3.8, 4) is 11.3 Å². The first kappa shape index (κ1) is 14.1. The summed E-state index contributed by atoms with van der Waals surface area (Å²) in [5.41, 5.74) is 5.72. The Balaban J connectivity index is 1.55. The molecule has 0 unspecified atom stereocenters. The predicted octanol–water partition coefficient (Wildman–Crippen LogP) is 6.10. The SMILES string of the molecule is c1ccc(-c2oc([C@@H]3C[C@@H]3c3ccccc3)c3c2CCCC3)cc1. The van der Waals surface area contributed by atoms with Gasteiger partial charge in [-0.3, -0.25) is 0 Å². The molecule has 2 aliphatic rings. The van der Waals surface area contributed by atoms with Crippen molar-refractivity contribution < 1.29 is 4.42 Å². The fourth-order valence-corrected chi connectivity index (χ4v) is 4.34. The van der Waals surface area contributed by atoms with Crippen molar-refractivity contribution in [2.75, 3.05) is 0 Å². The smallest absolute Gasteiger partial charge is 0.137 e. The second-order valence-electron chi connectivity index (χ2n) is 7.19. The Morgan fingerprint density at radius 3 is 2.12 bits per heavy atom. The Bertz CT molecular complexity index is 845. The van der Waals surface area contributed by atoms with Gasteiger partial charge in [-0.1, -0.05) is 60.7 Å². The van der Waals surface area contributed by atoms with Gasteiger partial charge in [-0.05, 0) is 49.1 Å². The van der Waals surface area contributed by atoms with E-state index in [2.05, 4.69) is 60.7 Å². The molecule has 0 aliphatic heterocycles. The van der Waals surface area contributed by atoms with E-state index < -0.39 is 0 Å². The largest absolute Gasteiger partial charge is 0.460 e. The van der Waals surface area contributed by atoms with Crippen LogP contribution in [0.15, 0.2) is 65.1 Å². The van der Waals surface area contributed by atoms with Crippen LogP contribution in [0.5, 0.6) is 0 Å². The topological polar surface area (TPSA) is 13.1 Å². The normalized spacial score (nSPS) is 22.2. The second kappa shape index (κ2) is 5.66. The second-order valence-corrected chi connectivity index (χ2v) is 7.19. The van der Waals surface area contributed by atoms with Gasteiger partial charge in [-0.2, -0.15) is 0 Å². The molecular formula is C23H22O. The van der Waals surface area contributed by atoms with Crippen molar-refractivity contribution in [3.63, 3.8) is 0 Å². The molecule has 0 spiro atoms. The van der Waals surface area contributed by atoms with Gasteiger partial charge >= 0.3 is 0 Å². The van der Waals surface area contributed by atoms with E-state index in [0.717, 1.165) is 5.76 Å². The lowest BCUT2D eigenvalue weighted by Crippen LogP contribution is -2.02. The van der Waals surface area contributed by atoms with E-state index in [1.165, 1.54) is 60.1 Å². The minimum Gasteiger partial charge on any atom is -0.460 e. The number of benzene rings is 2. The van der Waals surface area contributed by atoms with Gasteiger partial charge in [-0.25, -0.2) is 0 Å². The third kappa shape index (κ3) is 2.31. The average Bonchev–Trinajstić information content (AvgIpc) is 3.37. The molecule has 0 bridgehead atoms. The molecule has 1 heterocycles. The summed E-state index contributed by atoms with van der Waals surface area (Å²) in [6.07, 6.45) is 6.19. The minimum absolute atomic E-state index is 0.580. The quantitative estimate of drug-likeness (QED) is 0.569. The highest BCUT2D eigenvalue weighted by Gasteiger charge is 2.44. The molecule has 120 valence electrons. The molecule has 0 radical (unpaired) electrons. The molecule has 24 heavy (non-hydrogen) atoms. The van der Waals surface area contributed by atoms with Crippen molar-refractivity contribution in [2.24, 2.45) is 0 Å². The summed E-state index contributed by atoms with van der Waals surface area (Å²) in [5, 5.41) is 0. The van der Waals surface area contributed by atoms with E-state index in [0.29, 0.717) is 11.8 Å². The van der Waals surface area contributed by atoms with E-state index in [9.17, 15) is 0 Å². The van der Waals surface area contributed by atoms with Crippen LogP contribution in [0.3, 0.4) is 0 Å². The molecule has 0 amide bonds. The van der Waals surface area contributed by atoms with Crippen LogP contribution in [0.1, 0.15) is 53.5 Å². The average molecular weight is 314 g/mol. The summed E-state index contributed by atoms with van der Waals surface area (Å²) in [6.45, 7) is 0. The van der Waals surface area contributed by atoms with Gasteiger partial charge in [0, 0.05) is 17.0 Å². The number of hydrogen-bond donors (Lipinski definition) is 0. The van der Waals surface area contributed by atoms with Crippen molar-refractivity contribution in [1.29, 1.82) is 0 Å². The number of fused-ring (bicyclic) bond motifs is 1. The summed E-state index contributed by atoms with van der Waals surface area (Å²) in [4.78, 5) is 0. The van der Waals surface area contributed by atoms with Crippen LogP contribution in [-0.2, 0) is 12.8 Å². The van der Waals surface area contributed by atoms with Crippen LogP contribution in [0.4, 0.5) is 0 Å². The highest BCUT2D eigenvalue weighted by molar-refractivity contribution is 5.65. The molecule has 1 nitrogen and oxygen atoms in total. The Labute approximate surface area is 143 Å². The number of rotatable bonds is 3. The zero-order valence-electron chi connectivity index (χ0n) is 13.9. The fourth-order valence-electron chi connectivity index (χ4n) is 4.34. The number of furan rings is 1. The highest BCUT2D eigenvalue weighted by Crippen LogP contribution is 2.57. The van der Waals surface area contributed by atoms with Gasteiger partial charge in [0.05, 0.1) is 0 Å². The molecule has 2 aromatic carbocycles. The summed E-state index contributed by atoms with van der Waals surface area (Å²) >= 11 is 0. The van der Waals surface area contributed by atoms with Crippen LogP contribution in [-0.4, -0.2) is 0 Å². The molecule has 2 aliphatic carbocycles. The van der Waals surface area contributed by atoms with Gasteiger partial charge in [-0.15, -0.1) is 0 Å². The first-order valence-electron chi connectivity index (χ1n) is 9.16. The lowest BCUT2D eigenvalue weighted by Gasteiger charge is -2.12. The van der Waals surface area contributed by atoms with E-state index in [4.69, 9.17) is 4.42 Å². The molecule has 1 fully saturated rings. The molecule has 1 aromatic heterocycles. The Hall–Kier alpha value is -2.28. The molecule has 2 atom stereocenters. The maximum absolute atomic E-state index is 6.53. The first-order valence-corrected chi connectivity index (χ1v) is 9.16. The van der Waals surface area contributed by atoms with Crippen LogP contribution in [0, 0.1) is 0 Å². The van der Waals surface area contributed by atoms with E-state index in [1.54, 1.807) is 0 Å². The summed E-state index contributed by atoms with van der Waals surface area (Å²) in [6, 6.07) is 21.6. The maximum Gasteiger partial charge on any atom is 0.137 e. The molecule has 0 saturated heterocycles. The van der Waals surface area contributed by atoms with Crippen LogP contribution < -0.4 is 0 Å². The van der Waals surface area contributed by atoms with Crippen LogP contribution >= 0.6 is 0 Å². The minimum atomic E-state index is 0.580. The molecular weight excluding hydrogens is 292 g/mol. The lowest BCUT2D eigenvalue weighted by atomic mass is 9.89. The van der Waals surface area contributed by atoms with E-state index >= 15 is 0 Å². The zero-order chi connectivity index (χ0) is 15.9. The summed E-state index contributed by atoms with van der Waals surface area (Å²) in [7, 11) is 0. The van der Waals surface area contributed by atoms with Gasteiger partial charge in [0.15, 0.2) is 0 Å². The van der Waals surface area contributed by atoms with Crippen LogP contribution in [0.25, 0.3) is 11.3 Å². The summed E-state index contributed by atoms with van der Waals surface area (Å²) < 4.78 is 6.53. The molecule has 1 heteroatoms. The predicted molar refractivity (Wildman–Crippen MR) is 97.3 cm³/mol. The van der Waals surface area contributed by atoms with Gasteiger partial charge in [0.1, 0.15) is 11.5 Å². The van der Waals surface area contributed by atoms with Crippen molar-refractivity contribution >= 4 is 0 Å². The Kier molecular flexibility index (Phi) is 3.33. The fraction of sp³-hybridized carbons (Fsp3) is 0.304. The lowest BCUT2D eigenvalue weighted by molar-refractivity contribution is 0.516. The third-order valence-electron chi connectivity index (χ3n) is 5.64. The number of hydrogen-bond acceptors (Lipinski definition) is 1. The zero-order valence-corrected chi connectivity index (χ0v) is 13.9. The molecule has 1 saturated carbocycles. The van der Waals surface area contributed by atoms with Crippen molar-refractivity contribution in [1.82, 2.24) is 0 Å². The van der Waals surface area contributed by atoms with Gasteiger partial charge in [0.2, 0.25) is 0 Å². The molecule has 0 N–H and O–H groups in total. The standard InChI is InChI=1S/C23H22O/c1-3-9-16(10-4-1)20-15-21(20)23-19-14-8-7-13-18(19)22(24-23)17-11-5-2-6-12-17/h1-6,9-12,20-21H,7-8,13-15H2/t20-,21-/m1/s1. The van der Waals surface area contributed by atoms with Gasteiger partial charge in [0.25, 0.3) is 0 Å². The molecule has 5 rings (SSSR count). The maximum atomic E-state index is 6.53. The van der Waals surface area contributed by atoms with E-state index in [1.807, 2.05) is 0 Å². The van der Waals surface area contributed by atoms with Crippen molar-refractivity contribution in [2.45, 2.75) is 43.9 Å². The van der Waals surface area contributed by atoms with E-state index in [-0.39, 0.29) is 0 Å². The van der Waals surface area contributed by atoms with Crippen molar-refractivity contribution in [3.05, 3.63) is 83.1 Å². The summed E-state index contributed by atoms with van der Waals surface area (Å²) in [5.74, 6) is 3.65. The Morgan fingerprint density at radius 1 is 0.708 bits per heavy atom. The van der Waals surface area contributed by atoms with Gasteiger partial charge < -0.3 is 4.42 Å². The molecule has 3 aromatic rings. The first-order chi connectivity index (χ1) is 11.9. The monoisotopic (exact) mass is 314 g/mol. The van der Waals surface area contributed by atoms with Crippen LogP contribution in [0.2, 0.25) is 0 Å². The highest BCUT2D eigenvalue weighted by atomic mass is 16.3.